The number of piperazine rings is 1. The van der Waals surface area contributed by atoms with Gasteiger partial charge in [0.05, 0.1) is 5.69 Å². The Labute approximate surface area is 205 Å². The van der Waals surface area contributed by atoms with Crippen molar-refractivity contribution in [1.82, 2.24) is 19.6 Å². The summed E-state index contributed by atoms with van der Waals surface area (Å²) < 4.78 is 1.70. The maximum absolute atomic E-state index is 14.0. The van der Waals surface area contributed by atoms with E-state index in [4.69, 9.17) is 11.6 Å². The van der Waals surface area contributed by atoms with Gasteiger partial charge in [-0.25, -0.2) is 0 Å². The van der Waals surface area contributed by atoms with Gasteiger partial charge in [-0.1, -0.05) is 65.2 Å². The lowest BCUT2D eigenvalue weighted by molar-refractivity contribution is 0.0279. The fraction of sp³-hybridized carbons (Fsp3) is 0.370. The van der Waals surface area contributed by atoms with Crippen molar-refractivity contribution >= 4 is 23.2 Å². The molecule has 0 saturated carbocycles. The Bertz CT molecular complexity index is 1250. The molecule has 1 saturated heterocycles. The number of Topliss-reactive ketones (excluding diaryl/α,β-unsaturated/α-hetero) is 2. The molecule has 5 rings (SSSR count). The lowest BCUT2D eigenvalue weighted by Crippen LogP contribution is -2.60. The maximum atomic E-state index is 14.0. The molecule has 2 aromatic carbocycles. The number of aryl methyl sites for hydroxylation is 4. The van der Waals surface area contributed by atoms with Crippen molar-refractivity contribution in [2.75, 3.05) is 26.2 Å². The number of carbonyl (C=O) groups is 2. The van der Waals surface area contributed by atoms with Crippen molar-refractivity contribution in [3.8, 4) is 0 Å². The third-order valence-electron chi connectivity index (χ3n) is 7.21. The van der Waals surface area contributed by atoms with Crippen molar-refractivity contribution < 1.29 is 9.59 Å². The van der Waals surface area contributed by atoms with Crippen LogP contribution in [0.2, 0.25) is 5.15 Å². The highest BCUT2D eigenvalue weighted by Gasteiger charge is 2.58. The number of carbonyl (C=O) groups excluding carboxylic acids is 2. The average molecular weight is 477 g/mol. The van der Waals surface area contributed by atoms with E-state index in [-0.39, 0.29) is 11.6 Å². The molecule has 0 amide bonds. The molecule has 0 bridgehead atoms. The van der Waals surface area contributed by atoms with E-state index in [0.717, 1.165) is 41.0 Å². The molecule has 1 aromatic heterocycles. The second-order valence-electron chi connectivity index (χ2n) is 9.53. The van der Waals surface area contributed by atoms with E-state index < -0.39 is 5.54 Å². The van der Waals surface area contributed by atoms with E-state index in [1.54, 1.807) is 16.8 Å². The van der Waals surface area contributed by atoms with Crippen LogP contribution in [0, 0.1) is 20.8 Å². The molecule has 0 radical (unpaired) electrons. The van der Waals surface area contributed by atoms with E-state index in [9.17, 15) is 9.59 Å². The predicted octanol–water partition coefficient (Wildman–Crippen LogP) is 4.09. The number of halogens is 1. The van der Waals surface area contributed by atoms with Crippen molar-refractivity contribution in [2.24, 2.45) is 7.05 Å². The van der Waals surface area contributed by atoms with Crippen LogP contribution in [0.4, 0.5) is 0 Å². The Morgan fingerprint density at radius 2 is 1.47 bits per heavy atom. The van der Waals surface area contributed by atoms with Crippen molar-refractivity contribution in [2.45, 2.75) is 32.9 Å². The zero-order chi connectivity index (χ0) is 24.2. The summed E-state index contributed by atoms with van der Waals surface area (Å²) in [4.78, 5) is 32.4. The number of hydrogen-bond donors (Lipinski definition) is 0. The molecular weight excluding hydrogens is 448 g/mol. The fourth-order valence-electron chi connectivity index (χ4n) is 5.61. The lowest BCUT2D eigenvalue weighted by Gasteiger charge is -2.44. The Morgan fingerprint density at radius 1 is 0.912 bits per heavy atom. The standard InChI is InChI=1S/C27H29ClN4O2/c1-17-13-18(2)15-20(14-17)27(24(33)21-7-5-6-8-22(21)25(27)34)32-11-9-31(10-12-32)16-23-19(3)29-30(4)26(23)28/h5-8,13-15H,9-12,16H2,1-4H3. The van der Waals surface area contributed by atoms with Crippen LogP contribution in [0.25, 0.3) is 0 Å². The summed E-state index contributed by atoms with van der Waals surface area (Å²) in [6.45, 7) is 9.37. The first-order chi connectivity index (χ1) is 16.2. The van der Waals surface area contributed by atoms with Crippen LogP contribution >= 0.6 is 11.6 Å². The molecule has 0 unspecified atom stereocenters. The highest BCUT2D eigenvalue weighted by molar-refractivity contribution is 6.33. The first kappa shape index (κ1) is 23.0. The number of nitrogens with zero attached hydrogens (tertiary/aromatic N) is 4. The number of aromatic nitrogens is 2. The third-order valence-corrected chi connectivity index (χ3v) is 7.68. The summed E-state index contributed by atoms with van der Waals surface area (Å²) in [6, 6.07) is 13.3. The maximum Gasteiger partial charge on any atom is 0.196 e. The van der Waals surface area contributed by atoms with Gasteiger partial charge in [0.1, 0.15) is 5.15 Å². The van der Waals surface area contributed by atoms with E-state index >= 15 is 0 Å². The van der Waals surface area contributed by atoms with Gasteiger partial charge in [-0.3, -0.25) is 24.1 Å². The number of hydrogen-bond acceptors (Lipinski definition) is 5. The Balaban J connectivity index is 1.50. The van der Waals surface area contributed by atoms with Crippen LogP contribution in [0.3, 0.4) is 0 Å². The van der Waals surface area contributed by atoms with Gasteiger partial charge in [0.15, 0.2) is 17.1 Å². The molecule has 0 N–H and O–H groups in total. The minimum Gasteiger partial charge on any atom is -0.296 e. The van der Waals surface area contributed by atoms with E-state index in [2.05, 4.69) is 21.0 Å². The van der Waals surface area contributed by atoms with Gasteiger partial charge in [0.2, 0.25) is 0 Å². The topological polar surface area (TPSA) is 58.4 Å². The van der Waals surface area contributed by atoms with Gasteiger partial charge < -0.3 is 0 Å². The normalized spacial score (nSPS) is 18.5. The van der Waals surface area contributed by atoms with Crippen molar-refractivity contribution in [3.05, 3.63) is 86.7 Å². The molecule has 34 heavy (non-hydrogen) atoms. The third kappa shape index (κ3) is 3.44. The highest BCUT2D eigenvalue weighted by Crippen LogP contribution is 2.43. The minimum atomic E-state index is -1.31. The zero-order valence-corrected chi connectivity index (χ0v) is 20.8. The zero-order valence-electron chi connectivity index (χ0n) is 20.1. The molecule has 0 spiro atoms. The van der Waals surface area contributed by atoms with Gasteiger partial charge in [0, 0.05) is 56.5 Å². The smallest absolute Gasteiger partial charge is 0.196 e. The van der Waals surface area contributed by atoms with Crippen molar-refractivity contribution in [1.29, 1.82) is 0 Å². The van der Waals surface area contributed by atoms with Crippen LogP contribution in [0.15, 0.2) is 42.5 Å². The summed E-state index contributed by atoms with van der Waals surface area (Å²) >= 11 is 6.46. The molecule has 3 aromatic rings. The molecular formula is C27H29ClN4O2. The first-order valence-electron chi connectivity index (χ1n) is 11.7. The number of rotatable bonds is 4. The van der Waals surface area contributed by atoms with E-state index in [0.29, 0.717) is 35.9 Å². The van der Waals surface area contributed by atoms with Gasteiger partial charge in [-0.05, 0) is 26.3 Å². The molecule has 2 aliphatic rings. The molecule has 6 nitrogen and oxygen atoms in total. The fourth-order valence-corrected chi connectivity index (χ4v) is 5.84. The van der Waals surface area contributed by atoms with Gasteiger partial charge in [0.25, 0.3) is 0 Å². The van der Waals surface area contributed by atoms with Gasteiger partial charge in [-0.2, -0.15) is 5.10 Å². The first-order valence-corrected chi connectivity index (χ1v) is 12.0. The van der Waals surface area contributed by atoms with E-state index in [1.165, 1.54) is 0 Å². The second kappa shape index (κ2) is 8.45. The number of ketones is 2. The lowest BCUT2D eigenvalue weighted by atomic mass is 9.81. The Hall–Kier alpha value is -2.80. The number of benzene rings is 2. The van der Waals surface area contributed by atoms with Gasteiger partial charge >= 0.3 is 0 Å². The average Bonchev–Trinajstić information content (AvgIpc) is 3.18. The highest BCUT2D eigenvalue weighted by atomic mass is 35.5. The molecule has 1 fully saturated rings. The summed E-state index contributed by atoms with van der Waals surface area (Å²) in [5.41, 5.74) is 4.56. The largest absolute Gasteiger partial charge is 0.296 e. The van der Waals surface area contributed by atoms with Crippen LogP contribution in [-0.2, 0) is 19.1 Å². The monoisotopic (exact) mass is 476 g/mol. The van der Waals surface area contributed by atoms with Crippen LogP contribution in [-0.4, -0.2) is 57.3 Å². The molecule has 176 valence electrons. The summed E-state index contributed by atoms with van der Waals surface area (Å²) in [7, 11) is 1.85. The summed E-state index contributed by atoms with van der Waals surface area (Å²) in [5.74, 6) is -0.226. The summed E-state index contributed by atoms with van der Waals surface area (Å²) in [5, 5.41) is 5.08. The van der Waals surface area contributed by atoms with E-state index in [1.807, 2.05) is 52.1 Å². The molecule has 2 heterocycles. The molecule has 0 atom stereocenters. The van der Waals surface area contributed by atoms with Crippen LogP contribution < -0.4 is 0 Å². The Morgan fingerprint density at radius 3 is 1.97 bits per heavy atom. The van der Waals surface area contributed by atoms with Crippen LogP contribution in [0.5, 0.6) is 0 Å². The molecule has 1 aliphatic carbocycles. The van der Waals surface area contributed by atoms with Crippen LogP contribution in [0.1, 0.15) is 48.7 Å². The number of fused-ring (bicyclic) bond motifs is 1. The van der Waals surface area contributed by atoms with Crippen molar-refractivity contribution in [3.63, 3.8) is 0 Å². The quantitative estimate of drug-likeness (QED) is 0.531. The molecule has 7 heteroatoms. The predicted molar refractivity (Wildman–Crippen MR) is 133 cm³/mol. The summed E-state index contributed by atoms with van der Waals surface area (Å²) in [6.07, 6.45) is 0. The minimum absolute atomic E-state index is 0.113. The van der Waals surface area contributed by atoms with Gasteiger partial charge in [-0.15, -0.1) is 0 Å². The SMILES string of the molecule is Cc1cc(C)cc(C2(N3CCN(Cc4c(C)nn(C)c4Cl)CC3)C(=O)c3ccccc3C2=O)c1. The second-order valence-corrected chi connectivity index (χ2v) is 9.89. The Kier molecular flexibility index (Phi) is 5.71. The molecule has 1 aliphatic heterocycles.